The highest BCUT2D eigenvalue weighted by atomic mass is 16.7. The van der Waals surface area contributed by atoms with Gasteiger partial charge < -0.3 is 140 Å². The molecule has 650 valence electrons. The SMILES string of the molecule is CC(=O)N[C@H]1[C@H](OCCOCCOCCOc2cc(C(=O)NC3CCC(O)CC3)cc(OCCOCCOCCOC3O[C@H](COC(C)=O)[C@H](OC(C)=O)[C@H](OC(C)=O)[C@H]3NC(C)=O)c2OCCOCCOCCO[C@@H]2O[C@H](COC(C)=O)[C@H](OC(C)=O)[C@H](OC(C)=O)[C@H]2NC(C)=O)O[C@H](COC(C)=O)[C@H](OC(C)=O)[C@@H]1OC(C)=O. The Bertz CT molecular complexity index is 3150. The molecule has 1 saturated carbocycles. The Kier molecular flexibility index (Phi) is 43.8. The van der Waals surface area contributed by atoms with E-state index in [0.717, 1.165) is 62.3 Å². The normalized spacial score (nSPS) is 25.0. The van der Waals surface area contributed by atoms with Crippen molar-refractivity contribution in [2.24, 2.45) is 0 Å². The summed E-state index contributed by atoms with van der Waals surface area (Å²) in [4.78, 5) is 160. The van der Waals surface area contributed by atoms with Crippen molar-refractivity contribution in [3.63, 3.8) is 0 Å². The van der Waals surface area contributed by atoms with E-state index in [2.05, 4.69) is 21.3 Å². The summed E-state index contributed by atoms with van der Waals surface area (Å²) < 4.78 is 138. The van der Waals surface area contributed by atoms with E-state index >= 15 is 0 Å². The van der Waals surface area contributed by atoms with Crippen LogP contribution in [0.1, 0.15) is 119 Å². The summed E-state index contributed by atoms with van der Waals surface area (Å²) in [5.41, 5.74) is 0.118. The molecule has 42 heteroatoms. The van der Waals surface area contributed by atoms with Crippen LogP contribution >= 0.6 is 0 Å². The Balaban J connectivity index is 1.25. The minimum Gasteiger partial charge on any atom is -0.487 e. The van der Waals surface area contributed by atoms with E-state index in [4.69, 9.17) is 114 Å². The van der Waals surface area contributed by atoms with Crippen molar-refractivity contribution in [2.45, 2.75) is 213 Å². The van der Waals surface area contributed by atoms with Gasteiger partial charge in [-0.05, 0) is 37.8 Å². The van der Waals surface area contributed by atoms with Gasteiger partial charge >= 0.3 is 53.7 Å². The molecule has 1 aromatic carbocycles. The van der Waals surface area contributed by atoms with Gasteiger partial charge in [0.15, 0.2) is 67.0 Å². The first-order chi connectivity index (χ1) is 54.8. The second kappa shape index (κ2) is 52.0. The van der Waals surface area contributed by atoms with E-state index in [0.29, 0.717) is 25.7 Å². The van der Waals surface area contributed by atoms with Crippen LogP contribution < -0.4 is 35.5 Å². The van der Waals surface area contributed by atoms with E-state index in [1.54, 1.807) is 0 Å². The lowest BCUT2D eigenvalue weighted by atomic mass is 9.93. The third kappa shape index (κ3) is 36.5. The second-order valence-corrected chi connectivity index (χ2v) is 26.3. The topological polar surface area (TPSA) is 512 Å². The minimum atomic E-state index is -1.33. The third-order valence-electron chi connectivity index (χ3n) is 16.6. The summed E-state index contributed by atoms with van der Waals surface area (Å²) in [5, 5.41) is 21.1. The Hall–Kier alpha value is -8.79. The fraction of sp³-hybridized carbons (Fsp3) is 0.740. The Labute approximate surface area is 664 Å². The molecule has 0 bridgehead atoms. The van der Waals surface area contributed by atoms with Gasteiger partial charge in [0, 0.05) is 94.7 Å². The van der Waals surface area contributed by atoms with E-state index in [1.807, 2.05) is 0 Å². The van der Waals surface area contributed by atoms with Crippen molar-refractivity contribution in [3.8, 4) is 17.2 Å². The average molecular weight is 1650 g/mol. The van der Waals surface area contributed by atoms with Crippen LogP contribution in [0.2, 0.25) is 0 Å². The van der Waals surface area contributed by atoms with Crippen LogP contribution in [0.15, 0.2) is 12.1 Å². The monoisotopic (exact) mass is 1650 g/mol. The summed E-state index contributed by atoms with van der Waals surface area (Å²) in [7, 11) is 0. The minimum absolute atomic E-state index is 0.0283. The molecule has 4 amide bonds. The lowest BCUT2D eigenvalue weighted by Crippen LogP contribution is -2.66. The van der Waals surface area contributed by atoms with Crippen LogP contribution in [-0.2, 0) is 157 Å². The van der Waals surface area contributed by atoms with Crippen molar-refractivity contribution in [2.75, 3.05) is 139 Å². The molecule has 5 rings (SSSR count). The number of ether oxygens (including phenoxy) is 24. The number of esters is 9. The number of hydrogen-bond acceptors (Lipinski definition) is 38. The zero-order chi connectivity index (χ0) is 84.5. The van der Waals surface area contributed by atoms with Gasteiger partial charge in [-0.25, -0.2) is 0 Å². The quantitative estimate of drug-likeness (QED) is 0.0296. The highest BCUT2D eigenvalue weighted by molar-refractivity contribution is 5.96. The molecule has 3 saturated heterocycles. The summed E-state index contributed by atoms with van der Waals surface area (Å²) in [5.74, 6) is -8.69. The van der Waals surface area contributed by atoms with Crippen molar-refractivity contribution in [1.82, 2.24) is 21.3 Å². The van der Waals surface area contributed by atoms with Gasteiger partial charge in [0.05, 0.1) is 105 Å². The molecule has 0 spiro atoms. The molecule has 15 atom stereocenters. The van der Waals surface area contributed by atoms with Crippen LogP contribution in [0.5, 0.6) is 17.2 Å². The number of carbonyl (C=O) groups is 13. The Morgan fingerprint density at radius 1 is 0.330 bits per heavy atom. The predicted octanol–water partition coefficient (Wildman–Crippen LogP) is -1.03. The number of aliphatic hydroxyl groups excluding tert-OH is 1. The van der Waals surface area contributed by atoms with E-state index in [9.17, 15) is 67.4 Å². The molecule has 0 aromatic heterocycles. The first-order valence-electron chi connectivity index (χ1n) is 37.4. The highest BCUT2D eigenvalue weighted by Gasteiger charge is 2.54. The molecule has 4 aliphatic rings. The fourth-order valence-corrected chi connectivity index (χ4v) is 12.1. The van der Waals surface area contributed by atoms with E-state index in [1.165, 1.54) is 32.9 Å². The van der Waals surface area contributed by atoms with Gasteiger partial charge in [-0.3, -0.25) is 62.3 Å². The summed E-state index contributed by atoms with van der Waals surface area (Å²) in [6.07, 6.45) is -14.0. The molecule has 1 aromatic rings. The largest absolute Gasteiger partial charge is 0.487 e. The molecule has 0 radical (unpaired) electrons. The first kappa shape index (κ1) is 96.8. The van der Waals surface area contributed by atoms with Crippen LogP contribution in [0, 0.1) is 0 Å². The van der Waals surface area contributed by atoms with Gasteiger partial charge in [-0.1, -0.05) is 0 Å². The highest BCUT2D eigenvalue weighted by Crippen LogP contribution is 2.40. The summed E-state index contributed by atoms with van der Waals surface area (Å²) in [6.45, 7) is 11.6. The molecule has 3 aliphatic heterocycles. The first-order valence-corrected chi connectivity index (χ1v) is 37.4. The molecular formula is C73H110N4O38. The van der Waals surface area contributed by atoms with Gasteiger partial charge in [-0.2, -0.15) is 0 Å². The lowest BCUT2D eigenvalue weighted by molar-refractivity contribution is -0.279. The van der Waals surface area contributed by atoms with Gasteiger partial charge in [0.1, 0.15) is 76.1 Å². The number of hydrogen-bond donors (Lipinski definition) is 5. The zero-order valence-corrected chi connectivity index (χ0v) is 66.7. The van der Waals surface area contributed by atoms with Gasteiger partial charge in [-0.15, -0.1) is 0 Å². The van der Waals surface area contributed by atoms with Crippen LogP contribution in [0.4, 0.5) is 0 Å². The molecule has 5 N–H and O–H groups in total. The number of carbonyl (C=O) groups excluding carboxylic acids is 13. The average Bonchev–Trinajstić information content (AvgIpc) is 0.799. The van der Waals surface area contributed by atoms with Crippen molar-refractivity contribution in [3.05, 3.63) is 17.7 Å². The molecule has 4 fully saturated rings. The Morgan fingerprint density at radius 2 is 0.591 bits per heavy atom. The zero-order valence-electron chi connectivity index (χ0n) is 66.7. The van der Waals surface area contributed by atoms with Crippen LogP contribution in [0.25, 0.3) is 0 Å². The molecule has 1 unspecified atom stereocenters. The number of benzene rings is 1. The van der Waals surface area contributed by atoms with E-state index < -0.39 is 195 Å². The molecule has 3 heterocycles. The summed E-state index contributed by atoms with van der Waals surface area (Å²) >= 11 is 0. The van der Waals surface area contributed by atoms with Crippen molar-refractivity contribution in [1.29, 1.82) is 0 Å². The summed E-state index contributed by atoms with van der Waals surface area (Å²) in [6, 6.07) is -0.917. The number of aliphatic hydroxyl groups is 1. The van der Waals surface area contributed by atoms with Gasteiger partial charge in [0.25, 0.3) is 5.91 Å². The third-order valence-corrected chi connectivity index (χ3v) is 16.6. The maximum Gasteiger partial charge on any atom is 0.303 e. The van der Waals surface area contributed by atoms with Crippen LogP contribution in [0.3, 0.4) is 0 Å². The standard InChI is InChI=1S/C73H110N4O38/c1-40(78)74-60-67(110-49(10)87)64(107-46(7)84)57(37-104-43(4)81)113-71(60)101-32-26-95-20-17-92-23-29-98-55-35-52(70(91)77-53-13-15-54(90)16-14-53)36-56(99-30-24-93-18-21-96-27-33-102-72-61(75-41(2)79)68(111-50(11)88)65(108-47(8)85)58(114-72)38-105-44(5)82)63(55)100-31-25-94-19-22-97-28-34-103-73-62(76-42(3)80)69(112-51(12)89)66(109-48(9)86)59(115-73)39-106-45(6)83/h35-36,53-54,57-62,64-69,71-73,90H,13-34,37-39H2,1-12H3,(H,74,78)(H,75,79)(H,76,80)(H,77,91)/t53?,54?,57-,58-,59-,60-,61-,62-,64+,65+,66+,67-,68-,69-,71-,72?,73-/m1/s1. The second-order valence-electron chi connectivity index (χ2n) is 26.3. The molecule has 115 heavy (non-hydrogen) atoms. The Morgan fingerprint density at radius 3 is 0.861 bits per heavy atom. The van der Waals surface area contributed by atoms with Gasteiger partial charge in [0.2, 0.25) is 23.5 Å². The molecule has 1 aliphatic carbocycles. The van der Waals surface area contributed by atoms with E-state index in [-0.39, 0.29) is 148 Å². The lowest BCUT2D eigenvalue weighted by Gasteiger charge is -2.44. The fourth-order valence-electron chi connectivity index (χ4n) is 12.1. The van der Waals surface area contributed by atoms with Crippen molar-refractivity contribution >= 4 is 77.4 Å². The number of nitrogens with one attached hydrogen (secondary N) is 4. The number of rotatable bonds is 50. The van der Waals surface area contributed by atoms with Crippen LogP contribution in [-0.4, -0.2) is 325 Å². The maximum absolute atomic E-state index is 14.1. The smallest absolute Gasteiger partial charge is 0.303 e. The van der Waals surface area contributed by atoms with Crippen molar-refractivity contribution < 1.29 is 181 Å². The predicted molar refractivity (Wildman–Crippen MR) is 383 cm³/mol. The molecular weight excluding hydrogens is 1540 g/mol. The molecule has 42 nitrogen and oxygen atoms in total. The number of amides is 4. The maximum atomic E-state index is 14.1.